The maximum absolute atomic E-state index is 12.3. The van der Waals surface area contributed by atoms with Gasteiger partial charge in [-0.25, -0.2) is 20.0 Å². The Labute approximate surface area is 290 Å². The fraction of sp³-hybridized carbons (Fsp3) is 0.316. The number of aliphatic imine (C=N–C) groups is 4. The number of anilines is 2. The summed E-state index contributed by atoms with van der Waals surface area (Å²) in [5.41, 5.74) is 16.6. The van der Waals surface area contributed by atoms with Gasteiger partial charge in [0.05, 0.1) is 83.4 Å². The number of nitrogens with zero attached hydrogens (tertiary/aromatic N) is 4. The molecule has 0 saturated heterocycles. The molecule has 0 radical (unpaired) electrons. The van der Waals surface area contributed by atoms with Crippen LogP contribution in [0.2, 0.25) is 0 Å². The molecule has 0 spiro atoms. The number of carbonyl (C=O) groups is 2. The molecule has 0 fully saturated rings. The Morgan fingerprint density at radius 1 is 0.653 bits per heavy atom. The molecule has 6 aliphatic rings. The Kier molecular flexibility index (Phi) is 8.70. The second-order valence-corrected chi connectivity index (χ2v) is 13.0. The van der Waals surface area contributed by atoms with Gasteiger partial charge in [0.25, 0.3) is 0 Å². The minimum Gasteiger partial charge on any atom is -0.469 e. The van der Waals surface area contributed by atoms with E-state index in [1.165, 1.54) is 37.5 Å². The van der Waals surface area contributed by atoms with Crippen LogP contribution < -0.4 is 9.44 Å². The molecule has 0 aromatic heterocycles. The maximum Gasteiger partial charge on any atom is 0.305 e. The van der Waals surface area contributed by atoms with E-state index < -0.39 is 0 Å². The van der Waals surface area contributed by atoms with E-state index in [2.05, 4.69) is 55.4 Å². The van der Waals surface area contributed by atoms with Gasteiger partial charge in [0.15, 0.2) is 0 Å². The van der Waals surface area contributed by atoms with Crippen LogP contribution in [0.25, 0.3) is 5.70 Å². The molecule has 8 bridgehead atoms. The lowest BCUT2D eigenvalue weighted by atomic mass is 9.95. The fourth-order valence-electron chi connectivity index (χ4n) is 7.05. The van der Waals surface area contributed by atoms with E-state index in [0.717, 1.165) is 103 Å². The summed E-state index contributed by atoms with van der Waals surface area (Å²) in [4.78, 5) is 45.3. The number of nitrogens with one attached hydrogen (secondary N) is 2. The van der Waals surface area contributed by atoms with Crippen LogP contribution in [-0.2, 0) is 19.1 Å². The van der Waals surface area contributed by atoms with Crippen molar-refractivity contribution < 1.29 is 19.1 Å². The molecule has 6 aliphatic heterocycles. The van der Waals surface area contributed by atoms with Crippen LogP contribution in [0, 0.1) is 0 Å². The lowest BCUT2D eigenvalue weighted by Crippen LogP contribution is -2.05. The van der Waals surface area contributed by atoms with Gasteiger partial charge in [-0.05, 0) is 109 Å². The largest absolute Gasteiger partial charge is 0.469 e. The number of methoxy groups -OCH3 is 2. The molecule has 0 atom stereocenters. The number of ether oxygens (including phenoxy) is 2. The summed E-state index contributed by atoms with van der Waals surface area (Å²) in [7, 11) is 2.82. The van der Waals surface area contributed by atoms with Crippen molar-refractivity contribution in [2.45, 2.75) is 66.2 Å². The van der Waals surface area contributed by atoms with E-state index in [1.54, 1.807) is 0 Å². The van der Waals surface area contributed by atoms with Crippen LogP contribution in [0.5, 0.6) is 0 Å². The van der Waals surface area contributed by atoms with E-state index in [1.807, 2.05) is 18.2 Å². The highest BCUT2D eigenvalue weighted by atomic mass is 32.2. The summed E-state index contributed by atoms with van der Waals surface area (Å²) < 4.78 is 16.7. The van der Waals surface area contributed by atoms with Crippen molar-refractivity contribution in [3.8, 4) is 0 Å². The molecule has 1 aromatic carbocycles. The van der Waals surface area contributed by atoms with Crippen LogP contribution in [0.15, 0.2) is 107 Å². The number of rotatable bonds is 8. The maximum atomic E-state index is 12.3. The first-order chi connectivity index (χ1) is 23.7. The standard InChI is InChI=1S/C38H38N6O4S/c1-7-21-22(8-2)30-16-28-20(4)24(11-14-36(46)48-6)32(40-28)18-34-37-25(9-12-26-38(37)44-49-43-26)33(42-34)17-31-23(10-13-35(45)47-5)19(3)27(39-31)15-29(21)41-30/h9,12,15-18,43-44H,7-8,10-11,13-14H2,1-6H3. The van der Waals surface area contributed by atoms with Gasteiger partial charge in [0, 0.05) is 24.0 Å². The van der Waals surface area contributed by atoms with Crippen molar-refractivity contribution in [2.24, 2.45) is 20.0 Å². The number of carbonyl (C=O) groups excluding carboxylic acids is 2. The second-order valence-electron chi connectivity index (χ2n) is 12.3. The summed E-state index contributed by atoms with van der Waals surface area (Å²) in [6.45, 7) is 8.42. The molecular formula is C38H38N6O4S. The zero-order valence-corrected chi connectivity index (χ0v) is 29.4. The molecular weight excluding hydrogens is 637 g/mol. The van der Waals surface area contributed by atoms with Gasteiger partial charge >= 0.3 is 11.9 Å². The average Bonchev–Trinajstić information content (AvgIpc) is 3.90. The smallest absolute Gasteiger partial charge is 0.305 e. The molecule has 1 aromatic rings. The summed E-state index contributed by atoms with van der Waals surface area (Å²) in [5.74, 6) is -0.540. The molecule has 0 unspecified atom stereocenters. The number of hydrogen-bond donors (Lipinski definition) is 2. The van der Waals surface area contributed by atoms with E-state index >= 15 is 0 Å². The van der Waals surface area contributed by atoms with Gasteiger partial charge in [0.1, 0.15) is 0 Å². The minimum absolute atomic E-state index is 0.238. The zero-order chi connectivity index (χ0) is 34.4. The topological polar surface area (TPSA) is 126 Å². The van der Waals surface area contributed by atoms with E-state index in [9.17, 15) is 9.59 Å². The summed E-state index contributed by atoms with van der Waals surface area (Å²) in [6, 6.07) is 4.12. The fourth-order valence-corrected chi connectivity index (χ4v) is 7.69. The van der Waals surface area contributed by atoms with Crippen LogP contribution in [0.1, 0.15) is 77.3 Å². The van der Waals surface area contributed by atoms with Crippen molar-refractivity contribution in [3.63, 3.8) is 0 Å². The lowest BCUT2D eigenvalue weighted by molar-refractivity contribution is -0.141. The molecule has 250 valence electrons. The summed E-state index contributed by atoms with van der Waals surface area (Å²) >= 11 is 1.41. The zero-order valence-electron chi connectivity index (χ0n) is 28.5. The van der Waals surface area contributed by atoms with Gasteiger partial charge in [-0.2, -0.15) is 0 Å². The molecule has 0 aliphatic carbocycles. The van der Waals surface area contributed by atoms with Crippen molar-refractivity contribution in [1.29, 1.82) is 0 Å². The Morgan fingerprint density at radius 3 is 1.94 bits per heavy atom. The number of benzene rings is 1. The monoisotopic (exact) mass is 674 g/mol. The Bertz CT molecular complexity index is 2080. The van der Waals surface area contributed by atoms with Crippen LogP contribution in [-0.4, -0.2) is 49.0 Å². The molecule has 7 rings (SSSR count). The minimum atomic E-state index is -0.271. The predicted molar refractivity (Wildman–Crippen MR) is 198 cm³/mol. The molecule has 2 N–H and O–H groups in total. The van der Waals surface area contributed by atoms with E-state index in [0.29, 0.717) is 12.8 Å². The summed E-state index contributed by atoms with van der Waals surface area (Å²) in [6.07, 6.45) is 11.3. The van der Waals surface area contributed by atoms with Crippen molar-refractivity contribution in [2.75, 3.05) is 23.7 Å². The normalized spacial score (nSPS) is 18.8. The predicted octanol–water partition coefficient (Wildman–Crippen LogP) is 7.92. The van der Waals surface area contributed by atoms with Crippen LogP contribution in [0.3, 0.4) is 0 Å². The van der Waals surface area contributed by atoms with Crippen molar-refractivity contribution >= 4 is 64.0 Å². The molecule has 0 saturated carbocycles. The van der Waals surface area contributed by atoms with Gasteiger partial charge in [-0.1, -0.05) is 13.8 Å². The average molecular weight is 675 g/mol. The Hall–Kier alpha value is -5.03. The van der Waals surface area contributed by atoms with Gasteiger partial charge in [-0.3, -0.25) is 9.59 Å². The molecule has 10 nitrogen and oxygen atoms in total. The number of esters is 2. The summed E-state index contributed by atoms with van der Waals surface area (Å²) in [5, 5.41) is 0. The third-order valence-corrected chi connectivity index (χ3v) is 10.3. The highest BCUT2D eigenvalue weighted by Gasteiger charge is 2.32. The van der Waals surface area contributed by atoms with E-state index in [4.69, 9.17) is 29.4 Å². The molecule has 49 heavy (non-hydrogen) atoms. The first-order valence-corrected chi connectivity index (χ1v) is 17.4. The highest BCUT2D eigenvalue weighted by molar-refractivity contribution is 8.02. The number of hydrogen-bond acceptors (Lipinski definition) is 11. The van der Waals surface area contributed by atoms with Gasteiger partial charge in [-0.15, -0.1) is 0 Å². The lowest BCUT2D eigenvalue weighted by Gasteiger charge is -2.09. The highest BCUT2D eigenvalue weighted by Crippen LogP contribution is 2.45. The van der Waals surface area contributed by atoms with Crippen molar-refractivity contribution in [3.05, 3.63) is 98.1 Å². The van der Waals surface area contributed by atoms with Gasteiger partial charge < -0.3 is 18.9 Å². The number of allylic oxidation sites excluding steroid dienone is 10. The number of fused-ring (bicyclic) bond motifs is 9. The molecule has 6 heterocycles. The van der Waals surface area contributed by atoms with Gasteiger partial charge in [0.2, 0.25) is 0 Å². The second kappa shape index (κ2) is 13.1. The molecule has 0 amide bonds. The van der Waals surface area contributed by atoms with Crippen LogP contribution in [0.4, 0.5) is 11.4 Å². The third kappa shape index (κ3) is 5.75. The molecule has 11 heteroatoms. The Balaban J connectivity index is 1.48. The van der Waals surface area contributed by atoms with Crippen LogP contribution >= 0.6 is 12.1 Å². The van der Waals surface area contributed by atoms with E-state index in [-0.39, 0.29) is 24.8 Å². The van der Waals surface area contributed by atoms with Crippen molar-refractivity contribution in [1.82, 2.24) is 0 Å². The first kappa shape index (κ1) is 32.5. The Morgan fingerprint density at radius 2 is 1.22 bits per heavy atom. The third-order valence-electron chi connectivity index (χ3n) is 9.70. The first-order valence-electron chi connectivity index (χ1n) is 16.6. The SMILES string of the molecule is CCC1=C(CC)C2=NC1=CC1=NC(=CC3=NC(=CC4=NC(=C2)C(C)=C4CCC(=O)OC)c2ccc4c(c23)NSN4)C(CCC(=O)OC)=C1C. The quantitative estimate of drug-likeness (QED) is 0.212.